The first-order valence-corrected chi connectivity index (χ1v) is 6.83. The average Bonchev–Trinajstić information content (AvgIpc) is 2.53. The first-order chi connectivity index (χ1) is 10.9. The maximum Gasteiger partial charge on any atom is 0.416 e. The molecule has 5 heteroatoms. The molecular formula is C18H12F4O. The molecule has 0 bridgehead atoms. The molecule has 0 unspecified atom stereocenters. The van der Waals surface area contributed by atoms with Crippen molar-refractivity contribution in [2.75, 3.05) is 7.11 Å². The lowest BCUT2D eigenvalue weighted by atomic mass is 9.99. The molecule has 0 saturated carbocycles. The van der Waals surface area contributed by atoms with Crippen LogP contribution in [0.5, 0.6) is 5.75 Å². The van der Waals surface area contributed by atoms with Crippen LogP contribution < -0.4 is 4.74 Å². The second kappa shape index (κ2) is 5.57. The second-order valence-electron chi connectivity index (χ2n) is 5.12. The zero-order valence-corrected chi connectivity index (χ0v) is 12.1. The molecule has 0 fully saturated rings. The molecule has 0 radical (unpaired) electrons. The van der Waals surface area contributed by atoms with Crippen molar-refractivity contribution in [3.05, 3.63) is 66.0 Å². The third-order valence-electron chi connectivity index (χ3n) is 3.65. The smallest absolute Gasteiger partial charge is 0.416 e. The van der Waals surface area contributed by atoms with Gasteiger partial charge in [-0.25, -0.2) is 4.39 Å². The van der Waals surface area contributed by atoms with E-state index in [4.69, 9.17) is 4.74 Å². The first-order valence-electron chi connectivity index (χ1n) is 6.83. The quantitative estimate of drug-likeness (QED) is 0.553. The Morgan fingerprint density at radius 2 is 1.52 bits per heavy atom. The topological polar surface area (TPSA) is 9.23 Å². The number of fused-ring (bicyclic) bond motifs is 1. The molecule has 0 saturated heterocycles. The van der Waals surface area contributed by atoms with Gasteiger partial charge in [0.15, 0.2) is 0 Å². The lowest BCUT2D eigenvalue weighted by Gasteiger charge is -2.10. The molecule has 3 aromatic carbocycles. The van der Waals surface area contributed by atoms with Crippen LogP contribution in [0.3, 0.4) is 0 Å². The Kier molecular flexibility index (Phi) is 3.72. The van der Waals surface area contributed by atoms with Gasteiger partial charge in [-0.15, -0.1) is 0 Å². The number of ether oxygens (including phenoxy) is 1. The largest absolute Gasteiger partial charge is 0.497 e. The molecule has 0 atom stereocenters. The second-order valence-corrected chi connectivity index (χ2v) is 5.12. The molecule has 23 heavy (non-hydrogen) atoms. The molecule has 0 aliphatic heterocycles. The standard InChI is InChI=1S/C18H12F4O/c1-23-15-6-7-16(17(19)10-15)13-3-2-12-9-14(18(20,21)22)5-4-11(12)8-13/h2-10H,1H3. The summed E-state index contributed by atoms with van der Waals surface area (Å²) in [6.45, 7) is 0. The Bertz CT molecular complexity index is 869. The molecule has 3 aromatic rings. The van der Waals surface area contributed by atoms with Crippen molar-refractivity contribution >= 4 is 10.8 Å². The third-order valence-corrected chi connectivity index (χ3v) is 3.65. The van der Waals surface area contributed by atoms with Crippen LogP contribution in [0.15, 0.2) is 54.6 Å². The summed E-state index contributed by atoms with van der Waals surface area (Å²) >= 11 is 0. The van der Waals surface area contributed by atoms with Crippen molar-refractivity contribution in [2.45, 2.75) is 6.18 Å². The molecule has 1 nitrogen and oxygen atoms in total. The zero-order valence-electron chi connectivity index (χ0n) is 12.1. The van der Waals surface area contributed by atoms with Gasteiger partial charge in [0.05, 0.1) is 12.7 Å². The summed E-state index contributed by atoms with van der Waals surface area (Å²) in [6, 6.07) is 12.8. The highest BCUT2D eigenvalue weighted by Crippen LogP contribution is 2.33. The van der Waals surface area contributed by atoms with Gasteiger partial charge in [0, 0.05) is 11.6 Å². The van der Waals surface area contributed by atoms with Crippen LogP contribution in [0, 0.1) is 5.82 Å². The van der Waals surface area contributed by atoms with E-state index in [1.54, 1.807) is 30.3 Å². The van der Waals surface area contributed by atoms with Gasteiger partial charge >= 0.3 is 6.18 Å². The van der Waals surface area contributed by atoms with Gasteiger partial charge in [-0.1, -0.05) is 18.2 Å². The van der Waals surface area contributed by atoms with Crippen molar-refractivity contribution in [1.82, 2.24) is 0 Å². The third kappa shape index (κ3) is 2.99. The summed E-state index contributed by atoms with van der Waals surface area (Å²) in [5.74, 6) is -0.0440. The molecule has 0 aliphatic rings. The van der Waals surface area contributed by atoms with E-state index in [1.165, 1.54) is 19.2 Å². The molecule has 118 valence electrons. The molecule has 0 amide bonds. The highest BCUT2D eigenvalue weighted by Gasteiger charge is 2.30. The van der Waals surface area contributed by atoms with Gasteiger partial charge in [-0.2, -0.15) is 13.2 Å². The molecule has 0 heterocycles. The van der Waals surface area contributed by atoms with Crippen LogP contribution in [0.1, 0.15) is 5.56 Å². The minimum atomic E-state index is -4.38. The number of alkyl halides is 3. The summed E-state index contributed by atoms with van der Waals surface area (Å²) in [5.41, 5.74) is 0.262. The highest BCUT2D eigenvalue weighted by molar-refractivity contribution is 5.88. The summed E-state index contributed by atoms with van der Waals surface area (Å²) in [6.07, 6.45) is -4.38. The minimum Gasteiger partial charge on any atom is -0.497 e. The van der Waals surface area contributed by atoms with Crippen LogP contribution >= 0.6 is 0 Å². The Morgan fingerprint density at radius 1 is 0.826 bits per heavy atom. The fourth-order valence-electron chi connectivity index (χ4n) is 2.45. The lowest BCUT2D eigenvalue weighted by Crippen LogP contribution is -2.04. The van der Waals surface area contributed by atoms with E-state index in [2.05, 4.69) is 0 Å². The fourth-order valence-corrected chi connectivity index (χ4v) is 2.45. The monoisotopic (exact) mass is 320 g/mol. The number of benzene rings is 3. The van der Waals surface area contributed by atoms with Gasteiger partial charge in [-0.05, 0) is 46.7 Å². The van der Waals surface area contributed by atoms with Crippen LogP contribution in [-0.4, -0.2) is 7.11 Å². The van der Waals surface area contributed by atoms with Gasteiger partial charge < -0.3 is 4.74 Å². The van der Waals surface area contributed by atoms with E-state index < -0.39 is 17.6 Å². The van der Waals surface area contributed by atoms with Crippen LogP contribution in [0.4, 0.5) is 17.6 Å². The summed E-state index contributed by atoms with van der Waals surface area (Å²) in [7, 11) is 1.45. The van der Waals surface area contributed by atoms with Crippen LogP contribution in [0.2, 0.25) is 0 Å². The van der Waals surface area contributed by atoms with Crippen LogP contribution in [-0.2, 0) is 6.18 Å². The highest BCUT2D eigenvalue weighted by atomic mass is 19.4. The molecule has 0 N–H and O–H groups in total. The molecule has 3 rings (SSSR count). The predicted molar refractivity (Wildman–Crippen MR) is 80.9 cm³/mol. The first kappa shape index (κ1) is 15.3. The summed E-state index contributed by atoms with van der Waals surface area (Å²) in [4.78, 5) is 0. The van der Waals surface area contributed by atoms with Gasteiger partial charge in [0.2, 0.25) is 0 Å². The molecule has 0 aromatic heterocycles. The number of rotatable bonds is 2. The van der Waals surface area contributed by atoms with E-state index in [-0.39, 0.29) is 0 Å². The van der Waals surface area contributed by atoms with Crippen molar-refractivity contribution in [2.24, 2.45) is 0 Å². The van der Waals surface area contributed by atoms with Gasteiger partial charge in [0.25, 0.3) is 0 Å². The number of halogens is 4. The Hall–Kier alpha value is -2.56. The molecule has 0 spiro atoms. The predicted octanol–water partition coefficient (Wildman–Crippen LogP) is 5.67. The van der Waals surface area contributed by atoms with Crippen LogP contribution in [0.25, 0.3) is 21.9 Å². The van der Waals surface area contributed by atoms with E-state index in [1.807, 2.05) is 0 Å². The number of hydrogen-bond acceptors (Lipinski definition) is 1. The maximum atomic E-state index is 14.1. The average molecular weight is 320 g/mol. The van der Waals surface area contributed by atoms with Gasteiger partial charge in [-0.3, -0.25) is 0 Å². The normalized spacial score (nSPS) is 11.7. The molecule has 0 aliphatic carbocycles. The number of hydrogen-bond donors (Lipinski definition) is 0. The Morgan fingerprint density at radius 3 is 2.17 bits per heavy atom. The minimum absolute atomic E-state index is 0.368. The van der Waals surface area contributed by atoms with Gasteiger partial charge in [0.1, 0.15) is 11.6 Å². The van der Waals surface area contributed by atoms with E-state index in [9.17, 15) is 17.6 Å². The van der Waals surface area contributed by atoms with E-state index in [0.717, 1.165) is 12.1 Å². The van der Waals surface area contributed by atoms with E-state index in [0.29, 0.717) is 27.6 Å². The van der Waals surface area contributed by atoms with Crippen molar-refractivity contribution in [1.29, 1.82) is 0 Å². The Balaban J connectivity index is 2.07. The zero-order chi connectivity index (χ0) is 16.6. The summed E-state index contributed by atoms with van der Waals surface area (Å²) in [5, 5.41) is 1.07. The van der Waals surface area contributed by atoms with Crippen molar-refractivity contribution < 1.29 is 22.3 Å². The van der Waals surface area contributed by atoms with Crippen molar-refractivity contribution in [3.63, 3.8) is 0 Å². The maximum absolute atomic E-state index is 14.1. The van der Waals surface area contributed by atoms with Crippen molar-refractivity contribution in [3.8, 4) is 16.9 Å². The number of methoxy groups -OCH3 is 1. The SMILES string of the molecule is COc1ccc(-c2ccc3cc(C(F)(F)F)ccc3c2)c(F)c1. The lowest BCUT2D eigenvalue weighted by molar-refractivity contribution is -0.137. The van der Waals surface area contributed by atoms with E-state index >= 15 is 0 Å². The fraction of sp³-hybridized carbons (Fsp3) is 0.111. The Labute approximate surface area is 130 Å². The summed E-state index contributed by atoms with van der Waals surface area (Å²) < 4.78 is 57.2. The molecular weight excluding hydrogens is 308 g/mol.